The number of benzene rings is 2. The van der Waals surface area contributed by atoms with Crippen LogP contribution in [0, 0.1) is 19.7 Å². The molecule has 0 saturated carbocycles. The second-order valence-electron chi connectivity index (χ2n) is 5.33. The van der Waals surface area contributed by atoms with E-state index in [0.29, 0.717) is 34.2 Å². The highest BCUT2D eigenvalue weighted by Gasteiger charge is 2.09. The molecule has 0 aromatic heterocycles. The Morgan fingerprint density at radius 3 is 2.74 bits per heavy atom. The molecule has 0 radical (unpaired) electrons. The zero-order chi connectivity index (χ0) is 16.8. The minimum Gasteiger partial charge on any atom is -0.351 e. The van der Waals surface area contributed by atoms with Crippen LogP contribution in [0.2, 0.25) is 5.02 Å². The van der Waals surface area contributed by atoms with Gasteiger partial charge in [-0.1, -0.05) is 35.4 Å². The smallest absolute Gasteiger partial charge is 0.251 e. The number of carbonyl (C=O) groups excluding carboxylic acids is 1. The summed E-state index contributed by atoms with van der Waals surface area (Å²) in [5.41, 5.74) is 3.31. The molecule has 0 aliphatic heterocycles. The number of rotatable bonds is 6. The summed E-state index contributed by atoms with van der Waals surface area (Å²) >= 11 is 7.52. The SMILES string of the molecule is Cc1ccc(C(=O)NCCSCc2c(F)cccc2Cl)c(C)c1. The molecule has 0 unspecified atom stereocenters. The van der Waals surface area contributed by atoms with E-state index in [1.165, 1.54) is 17.8 Å². The molecular formula is C18H19ClFNOS. The van der Waals surface area contributed by atoms with Crippen LogP contribution in [0.1, 0.15) is 27.0 Å². The molecule has 0 fully saturated rings. The number of halogens is 2. The summed E-state index contributed by atoms with van der Waals surface area (Å²) in [5, 5.41) is 3.33. The highest BCUT2D eigenvalue weighted by molar-refractivity contribution is 7.98. The summed E-state index contributed by atoms with van der Waals surface area (Å²) in [6.07, 6.45) is 0. The molecule has 1 N–H and O–H groups in total. The largest absolute Gasteiger partial charge is 0.351 e. The summed E-state index contributed by atoms with van der Waals surface area (Å²) in [6, 6.07) is 10.4. The van der Waals surface area contributed by atoms with Gasteiger partial charge in [-0.05, 0) is 37.6 Å². The Morgan fingerprint density at radius 2 is 2.04 bits per heavy atom. The van der Waals surface area contributed by atoms with Crippen LogP contribution < -0.4 is 5.32 Å². The van der Waals surface area contributed by atoms with Crippen molar-refractivity contribution in [1.82, 2.24) is 5.32 Å². The van der Waals surface area contributed by atoms with E-state index < -0.39 is 0 Å². The molecule has 1 amide bonds. The van der Waals surface area contributed by atoms with Gasteiger partial charge in [0.1, 0.15) is 5.82 Å². The summed E-state index contributed by atoms with van der Waals surface area (Å²) in [6.45, 7) is 4.46. The molecule has 0 spiro atoms. The Morgan fingerprint density at radius 1 is 1.26 bits per heavy atom. The van der Waals surface area contributed by atoms with Gasteiger partial charge < -0.3 is 5.32 Å². The Balaban J connectivity index is 1.78. The van der Waals surface area contributed by atoms with E-state index in [0.717, 1.165) is 11.1 Å². The highest BCUT2D eigenvalue weighted by Crippen LogP contribution is 2.23. The molecule has 2 nitrogen and oxygen atoms in total. The average Bonchev–Trinajstić information content (AvgIpc) is 2.49. The Kier molecular flexibility index (Phi) is 6.48. The maximum absolute atomic E-state index is 13.6. The van der Waals surface area contributed by atoms with Crippen molar-refractivity contribution in [2.75, 3.05) is 12.3 Å². The van der Waals surface area contributed by atoms with Gasteiger partial charge in [0, 0.05) is 34.2 Å². The van der Waals surface area contributed by atoms with Crippen LogP contribution in [0.15, 0.2) is 36.4 Å². The van der Waals surface area contributed by atoms with Crippen molar-refractivity contribution >= 4 is 29.3 Å². The predicted octanol–water partition coefficient (Wildman–Crippen LogP) is 4.76. The first-order chi connectivity index (χ1) is 11.0. The average molecular weight is 352 g/mol. The molecule has 0 bridgehead atoms. The lowest BCUT2D eigenvalue weighted by Gasteiger charge is -2.09. The standard InChI is InChI=1S/C18H19ClFNOS/c1-12-6-7-14(13(2)10-12)18(22)21-8-9-23-11-15-16(19)4-3-5-17(15)20/h3-7,10H,8-9,11H2,1-2H3,(H,21,22). The summed E-state index contributed by atoms with van der Waals surface area (Å²) < 4.78 is 13.6. The van der Waals surface area contributed by atoms with E-state index in [1.54, 1.807) is 12.1 Å². The number of hydrogen-bond donors (Lipinski definition) is 1. The van der Waals surface area contributed by atoms with E-state index in [9.17, 15) is 9.18 Å². The maximum Gasteiger partial charge on any atom is 0.251 e. The summed E-state index contributed by atoms with van der Waals surface area (Å²) in [5.74, 6) is 0.822. The highest BCUT2D eigenvalue weighted by atomic mass is 35.5. The summed E-state index contributed by atoms with van der Waals surface area (Å²) in [4.78, 5) is 12.1. The minimum atomic E-state index is -0.288. The zero-order valence-electron chi connectivity index (χ0n) is 13.2. The molecule has 2 aromatic rings. The van der Waals surface area contributed by atoms with Gasteiger partial charge in [-0.2, -0.15) is 11.8 Å². The first-order valence-electron chi connectivity index (χ1n) is 7.35. The van der Waals surface area contributed by atoms with Gasteiger partial charge in [-0.25, -0.2) is 4.39 Å². The van der Waals surface area contributed by atoms with Gasteiger partial charge in [0.15, 0.2) is 0 Å². The van der Waals surface area contributed by atoms with E-state index >= 15 is 0 Å². The van der Waals surface area contributed by atoms with Crippen LogP contribution in [0.4, 0.5) is 4.39 Å². The fourth-order valence-electron chi connectivity index (χ4n) is 2.24. The predicted molar refractivity (Wildman–Crippen MR) is 95.8 cm³/mol. The second-order valence-corrected chi connectivity index (χ2v) is 6.84. The van der Waals surface area contributed by atoms with Crippen LogP contribution in [0.5, 0.6) is 0 Å². The normalized spacial score (nSPS) is 10.6. The zero-order valence-corrected chi connectivity index (χ0v) is 14.7. The lowest BCUT2D eigenvalue weighted by molar-refractivity contribution is 0.0955. The molecule has 0 saturated heterocycles. The number of hydrogen-bond acceptors (Lipinski definition) is 2. The van der Waals surface area contributed by atoms with Crippen molar-refractivity contribution in [2.24, 2.45) is 0 Å². The number of aryl methyl sites for hydroxylation is 2. The van der Waals surface area contributed by atoms with Crippen molar-refractivity contribution in [1.29, 1.82) is 0 Å². The fraction of sp³-hybridized carbons (Fsp3) is 0.278. The van der Waals surface area contributed by atoms with Gasteiger partial charge in [-0.15, -0.1) is 0 Å². The van der Waals surface area contributed by atoms with Gasteiger partial charge in [0.05, 0.1) is 0 Å². The topological polar surface area (TPSA) is 29.1 Å². The molecule has 0 aliphatic carbocycles. The van der Waals surface area contributed by atoms with E-state index in [2.05, 4.69) is 5.32 Å². The second kappa shape index (κ2) is 8.37. The van der Waals surface area contributed by atoms with Crippen molar-refractivity contribution in [3.8, 4) is 0 Å². The molecule has 2 aromatic carbocycles. The molecule has 122 valence electrons. The molecule has 0 heterocycles. The van der Waals surface area contributed by atoms with Crippen LogP contribution in [0.3, 0.4) is 0 Å². The molecule has 0 aliphatic rings. The third kappa shape index (κ3) is 4.98. The van der Waals surface area contributed by atoms with Gasteiger partial charge in [0.25, 0.3) is 5.91 Å². The van der Waals surface area contributed by atoms with E-state index in [1.807, 2.05) is 32.0 Å². The van der Waals surface area contributed by atoms with Crippen LogP contribution in [-0.4, -0.2) is 18.2 Å². The number of nitrogens with one attached hydrogen (secondary N) is 1. The number of amides is 1. The third-order valence-electron chi connectivity index (χ3n) is 3.47. The van der Waals surface area contributed by atoms with Gasteiger partial charge in [-0.3, -0.25) is 4.79 Å². The first-order valence-corrected chi connectivity index (χ1v) is 8.88. The molecule has 5 heteroatoms. The van der Waals surface area contributed by atoms with Crippen LogP contribution in [-0.2, 0) is 5.75 Å². The fourth-order valence-corrected chi connectivity index (χ4v) is 3.44. The van der Waals surface area contributed by atoms with E-state index in [-0.39, 0.29) is 11.7 Å². The Labute approximate surface area is 145 Å². The lowest BCUT2D eigenvalue weighted by atomic mass is 10.1. The number of carbonyl (C=O) groups is 1. The van der Waals surface area contributed by atoms with Gasteiger partial charge in [0.2, 0.25) is 0 Å². The third-order valence-corrected chi connectivity index (χ3v) is 4.81. The first kappa shape index (κ1) is 17.8. The summed E-state index contributed by atoms with van der Waals surface area (Å²) in [7, 11) is 0. The Bertz CT molecular complexity index is 685. The van der Waals surface area contributed by atoms with Crippen LogP contribution >= 0.6 is 23.4 Å². The Hall–Kier alpha value is -1.52. The van der Waals surface area contributed by atoms with Gasteiger partial charge >= 0.3 is 0 Å². The van der Waals surface area contributed by atoms with Crippen molar-refractivity contribution in [3.63, 3.8) is 0 Å². The van der Waals surface area contributed by atoms with Crippen molar-refractivity contribution in [2.45, 2.75) is 19.6 Å². The minimum absolute atomic E-state index is 0.0768. The molecule has 2 rings (SSSR count). The van der Waals surface area contributed by atoms with E-state index in [4.69, 9.17) is 11.6 Å². The van der Waals surface area contributed by atoms with Crippen molar-refractivity contribution < 1.29 is 9.18 Å². The van der Waals surface area contributed by atoms with Crippen molar-refractivity contribution in [3.05, 3.63) is 69.5 Å². The van der Waals surface area contributed by atoms with Crippen LogP contribution in [0.25, 0.3) is 0 Å². The number of thioether (sulfide) groups is 1. The molecule has 23 heavy (non-hydrogen) atoms. The quantitative estimate of drug-likeness (QED) is 0.760. The molecule has 0 atom stereocenters. The molecular weight excluding hydrogens is 333 g/mol. The monoisotopic (exact) mass is 351 g/mol. The lowest BCUT2D eigenvalue weighted by Crippen LogP contribution is -2.26. The maximum atomic E-state index is 13.6.